The van der Waals surface area contributed by atoms with E-state index in [-0.39, 0.29) is 11.8 Å². The molecule has 0 aliphatic heterocycles. The molecular weight excluding hydrogens is 186 g/mol. The minimum atomic E-state index is -2.99. The molecule has 1 aliphatic carbocycles. The van der Waals surface area contributed by atoms with Crippen molar-refractivity contribution >= 4 is 10.0 Å². The SMILES string of the molecule is CCS(=O)(=O)N[C@H]1CC[C@H](C)CC1. The molecule has 0 amide bonds. The van der Waals surface area contributed by atoms with Gasteiger partial charge < -0.3 is 0 Å². The first kappa shape index (κ1) is 11.0. The molecule has 1 saturated carbocycles. The molecule has 0 saturated heterocycles. The van der Waals surface area contributed by atoms with Crippen LogP contribution < -0.4 is 4.72 Å². The second kappa shape index (κ2) is 4.42. The van der Waals surface area contributed by atoms with Crippen LogP contribution in [0.3, 0.4) is 0 Å². The highest BCUT2D eigenvalue weighted by atomic mass is 32.2. The molecule has 0 unspecified atom stereocenters. The average molecular weight is 205 g/mol. The molecule has 0 aromatic carbocycles. The molecule has 0 heterocycles. The fourth-order valence-electron chi connectivity index (χ4n) is 1.72. The fraction of sp³-hybridized carbons (Fsp3) is 1.00. The Kier molecular flexibility index (Phi) is 3.74. The molecule has 13 heavy (non-hydrogen) atoms. The number of hydrogen-bond acceptors (Lipinski definition) is 2. The maximum atomic E-state index is 11.2. The average Bonchev–Trinajstić information content (AvgIpc) is 2.09. The third-order valence-electron chi connectivity index (χ3n) is 2.74. The molecule has 0 radical (unpaired) electrons. The first-order valence-corrected chi connectivity index (χ1v) is 6.68. The Morgan fingerprint density at radius 3 is 2.23 bits per heavy atom. The van der Waals surface area contributed by atoms with Gasteiger partial charge >= 0.3 is 0 Å². The number of sulfonamides is 1. The Morgan fingerprint density at radius 2 is 1.77 bits per heavy atom. The molecule has 0 aromatic rings. The number of rotatable bonds is 3. The summed E-state index contributed by atoms with van der Waals surface area (Å²) in [7, 11) is -2.99. The van der Waals surface area contributed by atoms with Gasteiger partial charge in [0.25, 0.3) is 0 Å². The molecule has 1 aliphatic rings. The highest BCUT2D eigenvalue weighted by Crippen LogP contribution is 2.23. The predicted octanol–water partition coefficient (Wildman–Crippen LogP) is 1.50. The van der Waals surface area contributed by atoms with Crippen molar-refractivity contribution < 1.29 is 8.42 Å². The summed E-state index contributed by atoms with van der Waals surface area (Å²) < 4.78 is 25.2. The minimum absolute atomic E-state index is 0.194. The monoisotopic (exact) mass is 205 g/mol. The van der Waals surface area contributed by atoms with Crippen LogP contribution in [0.5, 0.6) is 0 Å². The van der Waals surface area contributed by atoms with Crippen molar-refractivity contribution in [2.45, 2.75) is 45.6 Å². The Morgan fingerprint density at radius 1 is 1.23 bits per heavy atom. The van der Waals surface area contributed by atoms with Gasteiger partial charge in [0, 0.05) is 6.04 Å². The summed E-state index contributed by atoms with van der Waals surface area (Å²) in [5, 5.41) is 0. The number of hydrogen-bond donors (Lipinski definition) is 1. The van der Waals surface area contributed by atoms with Crippen molar-refractivity contribution in [1.29, 1.82) is 0 Å². The van der Waals surface area contributed by atoms with Crippen molar-refractivity contribution in [2.75, 3.05) is 5.75 Å². The summed E-state index contributed by atoms with van der Waals surface area (Å²) in [6, 6.07) is 0.196. The van der Waals surface area contributed by atoms with Crippen LogP contribution in [0.15, 0.2) is 0 Å². The van der Waals surface area contributed by atoms with Gasteiger partial charge in [-0.1, -0.05) is 6.92 Å². The Labute approximate surface area is 81.0 Å². The van der Waals surface area contributed by atoms with Crippen molar-refractivity contribution in [2.24, 2.45) is 5.92 Å². The second-order valence-electron chi connectivity index (χ2n) is 3.98. The lowest BCUT2D eigenvalue weighted by molar-refractivity contribution is 0.332. The molecule has 1 N–H and O–H groups in total. The van der Waals surface area contributed by atoms with Gasteiger partial charge in [0.15, 0.2) is 0 Å². The third-order valence-corrected chi connectivity index (χ3v) is 4.19. The third kappa shape index (κ3) is 3.65. The van der Waals surface area contributed by atoms with Crippen LogP contribution in [0.1, 0.15) is 39.5 Å². The lowest BCUT2D eigenvalue weighted by atomic mass is 9.88. The van der Waals surface area contributed by atoms with Gasteiger partial charge in [0.05, 0.1) is 5.75 Å². The van der Waals surface area contributed by atoms with E-state index in [2.05, 4.69) is 11.6 Å². The Hall–Kier alpha value is -0.0900. The molecule has 1 fully saturated rings. The van der Waals surface area contributed by atoms with Crippen molar-refractivity contribution in [3.05, 3.63) is 0 Å². The van der Waals surface area contributed by atoms with Crippen molar-refractivity contribution in [3.63, 3.8) is 0 Å². The van der Waals surface area contributed by atoms with Crippen LogP contribution in [0, 0.1) is 5.92 Å². The van der Waals surface area contributed by atoms with Crippen LogP contribution in [-0.2, 0) is 10.0 Å². The summed E-state index contributed by atoms with van der Waals surface area (Å²) in [4.78, 5) is 0. The minimum Gasteiger partial charge on any atom is -0.212 e. The molecular formula is C9H19NO2S. The van der Waals surface area contributed by atoms with E-state index in [0.29, 0.717) is 0 Å². The van der Waals surface area contributed by atoms with E-state index in [9.17, 15) is 8.42 Å². The molecule has 0 bridgehead atoms. The van der Waals surface area contributed by atoms with Gasteiger partial charge in [-0.15, -0.1) is 0 Å². The summed E-state index contributed by atoms with van der Waals surface area (Å²) in [6.45, 7) is 3.90. The van der Waals surface area contributed by atoms with Crippen molar-refractivity contribution in [1.82, 2.24) is 4.72 Å². The molecule has 0 aromatic heterocycles. The number of nitrogens with one attached hydrogen (secondary N) is 1. The first-order valence-electron chi connectivity index (χ1n) is 5.03. The summed E-state index contributed by atoms with van der Waals surface area (Å²) in [5.41, 5.74) is 0. The van der Waals surface area contributed by atoms with Gasteiger partial charge in [-0.2, -0.15) is 0 Å². The lowest BCUT2D eigenvalue weighted by Gasteiger charge is -2.26. The van der Waals surface area contributed by atoms with E-state index < -0.39 is 10.0 Å². The molecule has 1 rings (SSSR count). The second-order valence-corrected chi connectivity index (χ2v) is 6.02. The van der Waals surface area contributed by atoms with Gasteiger partial charge in [-0.05, 0) is 38.5 Å². The van der Waals surface area contributed by atoms with Crippen LogP contribution in [-0.4, -0.2) is 20.2 Å². The standard InChI is InChI=1S/C9H19NO2S/c1-3-13(11,12)10-9-6-4-8(2)5-7-9/h8-10H,3-7H2,1-2H3/t8-,9-. The first-order chi connectivity index (χ1) is 6.03. The van der Waals surface area contributed by atoms with Crippen LogP contribution in [0.25, 0.3) is 0 Å². The zero-order chi connectivity index (χ0) is 9.90. The Bertz CT molecular complexity index is 240. The maximum absolute atomic E-state index is 11.2. The molecule has 0 atom stereocenters. The van der Waals surface area contributed by atoms with Gasteiger partial charge in [-0.3, -0.25) is 0 Å². The van der Waals surface area contributed by atoms with E-state index >= 15 is 0 Å². The fourth-order valence-corrected chi connectivity index (χ4v) is 2.63. The highest BCUT2D eigenvalue weighted by molar-refractivity contribution is 7.89. The van der Waals surface area contributed by atoms with Gasteiger partial charge in [-0.25, -0.2) is 13.1 Å². The Balaban J connectivity index is 2.39. The van der Waals surface area contributed by atoms with E-state index in [1.807, 2.05) is 0 Å². The molecule has 3 nitrogen and oxygen atoms in total. The van der Waals surface area contributed by atoms with Crippen LogP contribution in [0.2, 0.25) is 0 Å². The summed E-state index contributed by atoms with van der Waals surface area (Å²) in [6.07, 6.45) is 4.30. The van der Waals surface area contributed by atoms with Crippen molar-refractivity contribution in [3.8, 4) is 0 Å². The highest BCUT2D eigenvalue weighted by Gasteiger charge is 2.21. The summed E-state index contributed by atoms with van der Waals surface area (Å²) in [5.74, 6) is 0.960. The maximum Gasteiger partial charge on any atom is 0.211 e. The van der Waals surface area contributed by atoms with E-state index in [1.54, 1.807) is 6.92 Å². The normalized spacial score (nSPS) is 30.3. The summed E-state index contributed by atoms with van der Waals surface area (Å²) >= 11 is 0. The molecule has 0 spiro atoms. The smallest absolute Gasteiger partial charge is 0.211 e. The predicted molar refractivity (Wildman–Crippen MR) is 54.0 cm³/mol. The largest absolute Gasteiger partial charge is 0.212 e. The van der Waals surface area contributed by atoms with Gasteiger partial charge in [0.2, 0.25) is 10.0 Å². The van der Waals surface area contributed by atoms with E-state index in [0.717, 1.165) is 31.6 Å². The zero-order valence-corrected chi connectivity index (χ0v) is 9.23. The molecule has 4 heteroatoms. The topological polar surface area (TPSA) is 46.2 Å². The van der Waals surface area contributed by atoms with Crippen LogP contribution in [0.4, 0.5) is 0 Å². The lowest BCUT2D eigenvalue weighted by Crippen LogP contribution is -2.38. The quantitative estimate of drug-likeness (QED) is 0.759. The van der Waals surface area contributed by atoms with E-state index in [4.69, 9.17) is 0 Å². The van der Waals surface area contributed by atoms with Crippen LogP contribution >= 0.6 is 0 Å². The van der Waals surface area contributed by atoms with E-state index in [1.165, 1.54) is 0 Å². The molecule has 78 valence electrons. The zero-order valence-electron chi connectivity index (χ0n) is 8.41. The van der Waals surface area contributed by atoms with Gasteiger partial charge in [0.1, 0.15) is 0 Å².